The van der Waals surface area contributed by atoms with Crippen LogP contribution in [0.15, 0.2) is 28.7 Å². The van der Waals surface area contributed by atoms with Gasteiger partial charge in [0.1, 0.15) is 17.3 Å². The first-order chi connectivity index (χ1) is 9.51. The van der Waals surface area contributed by atoms with Crippen molar-refractivity contribution < 1.29 is 9.15 Å². The summed E-state index contributed by atoms with van der Waals surface area (Å²) >= 11 is 0. The third kappa shape index (κ3) is 3.16. The summed E-state index contributed by atoms with van der Waals surface area (Å²) in [6, 6.07) is 8.44. The van der Waals surface area contributed by atoms with Crippen LogP contribution in [0.5, 0.6) is 5.75 Å². The highest BCUT2D eigenvalue weighted by Gasteiger charge is 2.13. The lowest BCUT2D eigenvalue weighted by Crippen LogP contribution is -2.08. The lowest BCUT2D eigenvalue weighted by molar-refractivity contribution is 0.340. The summed E-state index contributed by atoms with van der Waals surface area (Å²) in [5.41, 5.74) is 3.51. The normalized spacial score (nSPS) is 12.2. The van der Waals surface area contributed by atoms with Crippen LogP contribution in [0.2, 0.25) is 0 Å². The van der Waals surface area contributed by atoms with E-state index in [1.165, 1.54) is 11.1 Å². The van der Waals surface area contributed by atoms with Gasteiger partial charge in [0.15, 0.2) is 0 Å². The topological polar surface area (TPSA) is 34.4 Å². The molecule has 1 aromatic heterocycles. The van der Waals surface area contributed by atoms with Gasteiger partial charge in [0.25, 0.3) is 0 Å². The van der Waals surface area contributed by atoms with Gasteiger partial charge in [0.05, 0.1) is 12.6 Å². The number of rotatable bonds is 5. The Hall–Kier alpha value is -1.90. The van der Waals surface area contributed by atoms with Crippen LogP contribution in [0, 0.1) is 20.8 Å². The molecular formula is C17H23NO2. The molecule has 1 unspecified atom stereocenters. The molecule has 0 radical (unpaired) electrons. The molecule has 3 nitrogen and oxygen atoms in total. The molecule has 1 aromatic carbocycles. The van der Waals surface area contributed by atoms with E-state index in [2.05, 4.69) is 37.4 Å². The standard InChI is InChI=1S/C17H23NO2/c1-6-19-15-7-8-17(11(2)9-15)18-13(4)16-10-12(3)20-14(16)5/h7-10,13,18H,6H2,1-5H3. The second kappa shape index (κ2) is 6.04. The lowest BCUT2D eigenvalue weighted by Gasteiger charge is -2.17. The molecule has 2 aromatic rings. The molecule has 0 aliphatic heterocycles. The van der Waals surface area contributed by atoms with E-state index in [-0.39, 0.29) is 6.04 Å². The van der Waals surface area contributed by atoms with Gasteiger partial charge < -0.3 is 14.5 Å². The number of furan rings is 1. The molecule has 1 atom stereocenters. The number of hydrogen-bond donors (Lipinski definition) is 1. The summed E-state index contributed by atoms with van der Waals surface area (Å²) in [7, 11) is 0. The molecule has 0 fully saturated rings. The number of ether oxygens (including phenoxy) is 1. The first-order valence-electron chi connectivity index (χ1n) is 7.08. The molecule has 1 N–H and O–H groups in total. The zero-order chi connectivity index (χ0) is 14.7. The molecule has 0 saturated carbocycles. The number of hydrogen-bond acceptors (Lipinski definition) is 3. The summed E-state index contributed by atoms with van der Waals surface area (Å²) in [4.78, 5) is 0. The van der Waals surface area contributed by atoms with Crippen molar-refractivity contribution >= 4 is 5.69 Å². The Morgan fingerprint density at radius 2 is 1.95 bits per heavy atom. The van der Waals surface area contributed by atoms with Gasteiger partial charge in [-0.1, -0.05) is 0 Å². The van der Waals surface area contributed by atoms with Crippen molar-refractivity contribution in [3.63, 3.8) is 0 Å². The first-order valence-corrected chi connectivity index (χ1v) is 7.08. The van der Waals surface area contributed by atoms with Gasteiger partial charge in [-0.25, -0.2) is 0 Å². The van der Waals surface area contributed by atoms with E-state index in [4.69, 9.17) is 9.15 Å². The van der Waals surface area contributed by atoms with E-state index < -0.39 is 0 Å². The van der Waals surface area contributed by atoms with Crippen molar-refractivity contribution in [1.29, 1.82) is 0 Å². The van der Waals surface area contributed by atoms with Gasteiger partial charge in [0, 0.05) is 11.3 Å². The minimum atomic E-state index is 0.212. The number of nitrogens with one attached hydrogen (secondary N) is 1. The summed E-state index contributed by atoms with van der Waals surface area (Å²) in [5.74, 6) is 2.85. The third-order valence-electron chi connectivity index (χ3n) is 3.43. The van der Waals surface area contributed by atoms with Crippen LogP contribution >= 0.6 is 0 Å². The SMILES string of the molecule is CCOc1ccc(NC(C)c2cc(C)oc2C)c(C)c1. The number of aryl methyl sites for hydroxylation is 3. The van der Waals surface area contributed by atoms with Crippen LogP contribution in [0.25, 0.3) is 0 Å². The van der Waals surface area contributed by atoms with Gasteiger partial charge in [-0.15, -0.1) is 0 Å². The Balaban J connectivity index is 2.15. The maximum absolute atomic E-state index is 5.59. The van der Waals surface area contributed by atoms with Crippen LogP contribution in [0.4, 0.5) is 5.69 Å². The van der Waals surface area contributed by atoms with Crippen molar-refractivity contribution in [3.8, 4) is 5.75 Å². The highest BCUT2D eigenvalue weighted by atomic mass is 16.5. The van der Waals surface area contributed by atoms with Crippen LogP contribution in [0.3, 0.4) is 0 Å². The minimum absolute atomic E-state index is 0.212. The Morgan fingerprint density at radius 1 is 1.20 bits per heavy atom. The molecule has 1 heterocycles. The molecule has 0 spiro atoms. The van der Waals surface area contributed by atoms with Crippen molar-refractivity contribution in [1.82, 2.24) is 0 Å². The molecule has 0 saturated heterocycles. The molecule has 0 amide bonds. The Kier molecular flexibility index (Phi) is 4.38. The van der Waals surface area contributed by atoms with Gasteiger partial charge in [-0.3, -0.25) is 0 Å². The Morgan fingerprint density at radius 3 is 2.50 bits per heavy atom. The predicted octanol–water partition coefficient (Wildman–Crippen LogP) is 4.78. The summed E-state index contributed by atoms with van der Waals surface area (Å²) < 4.78 is 11.1. The molecule has 0 aliphatic carbocycles. The van der Waals surface area contributed by atoms with E-state index in [9.17, 15) is 0 Å². The van der Waals surface area contributed by atoms with E-state index >= 15 is 0 Å². The molecule has 20 heavy (non-hydrogen) atoms. The lowest BCUT2D eigenvalue weighted by atomic mass is 10.1. The predicted molar refractivity (Wildman–Crippen MR) is 82.6 cm³/mol. The summed E-state index contributed by atoms with van der Waals surface area (Å²) in [6.45, 7) is 10.9. The van der Waals surface area contributed by atoms with Gasteiger partial charge in [-0.2, -0.15) is 0 Å². The summed E-state index contributed by atoms with van der Waals surface area (Å²) in [5, 5.41) is 3.53. The molecule has 3 heteroatoms. The number of anilines is 1. The molecule has 108 valence electrons. The smallest absolute Gasteiger partial charge is 0.119 e. The van der Waals surface area contributed by atoms with Crippen LogP contribution in [-0.4, -0.2) is 6.61 Å². The second-order valence-electron chi connectivity index (χ2n) is 5.14. The van der Waals surface area contributed by atoms with E-state index in [1.54, 1.807) is 0 Å². The van der Waals surface area contributed by atoms with E-state index in [0.717, 1.165) is 23.0 Å². The quantitative estimate of drug-likeness (QED) is 0.851. The fourth-order valence-electron chi connectivity index (χ4n) is 2.45. The van der Waals surface area contributed by atoms with Gasteiger partial charge in [-0.05, 0) is 64.4 Å². The van der Waals surface area contributed by atoms with E-state index in [0.29, 0.717) is 6.61 Å². The fourth-order valence-corrected chi connectivity index (χ4v) is 2.45. The average molecular weight is 273 g/mol. The minimum Gasteiger partial charge on any atom is -0.494 e. The van der Waals surface area contributed by atoms with Crippen LogP contribution in [0.1, 0.15) is 42.5 Å². The Labute approximate surface area is 121 Å². The van der Waals surface area contributed by atoms with Crippen LogP contribution < -0.4 is 10.1 Å². The largest absolute Gasteiger partial charge is 0.494 e. The van der Waals surface area contributed by atoms with Crippen molar-refractivity contribution in [2.24, 2.45) is 0 Å². The monoisotopic (exact) mass is 273 g/mol. The fraction of sp³-hybridized carbons (Fsp3) is 0.412. The maximum atomic E-state index is 5.59. The molecule has 2 rings (SSSR count). The Bertz CT molecular complexity index is 587. The zero-order valence-electron chi connectivity index (χ0n) is 12.9. The highest BCUT2D eigenvalue weighted by molar-refractivity contribution is 5.55. The molecular weight excluding hydrogens is 250 g/mol. The zero-order valence-corrected chi connectivity index (χ0v) is 12.9. The second-order valence-corrected chi connectivity index (χ2v) is 5.14. The van der Waals surface area contributed by atoms with Gasteiger partial charge >= 0.3 is 0 Å². The molecule has 0 bridgehead atoms. The van der Waals surface area contributed by atoms with Crippen molar-refractivity contribution in [2.45, 2.75) is 40.7 Å². The van der Waals surface area contributed by atoms with E-state index in [1.807, 2.05) is 26.8 Å². The number of benzene rings is 1. The average Bonchev–Trinajstić information content (AvgIpc) is 2.72. The molecule has 0 aliphatic rings. The maximum Gasteiger partial charge on any atom is 0.119 e. The third-order valence-corrected chi connectivity index (χ3v) is 3.43. The summed E-state index contributed by atoms with van der Waals surface area (Å²) in [6.07, 6.45) is 0. The van der Waals surface area contributed by atoms with Crippen molar-refractivity contribution in [2.75, 3.05) is 11.9 Å². The highest BCUT2D eigenvalue weighted by Crippen LogP contribution is 2.28. The van der Waals surface area contributed by atoms with Gasteiger partial charge in [0.2, 0.25) is 0 Å². The first kappa shape index (κ1) is 14.5. The van der Waals surface area contributed by atoms with Crippen molar-refractivity contribution in [3.05, 3.63) is 46.9 Å². The van der Waals surface area contributed by atoms with Crippen LogP contribution in [-0.2, 0) is 0 Å².